The third-order valence-electron chi connectivity index (χ3n) is 12.1. The van der Waals surface area contributed by atoms with Gasteiger partial charge < -0.3 is 39.4 Å². The van der Waals surface area contributed by atoms with Crippen LogP contribution in [0.3, 0.4) is 0 Å². The number of carboxylic acid groups (broad SMARTS) is 1. The van der Waals surface area contributed by atoms with Gasteiger partial charge in [-0.3, -0.25) is 18.7 Å². The number of aromatic nitrogens is 6. The molecule has 3 aliphatic rings. The number of hydrogen-bond donors (Lipinski definition) is 3. The number of aliphatic carboxylic acids is 1. The lowest BCUT2D eigenvalue weighted by molar-refractivity contribution is -0.155. The summed E-state index contributed by atoms with van der Waals surface area (Å²) < 4.78 is 92.0. The molecule has 8 rings (SSSR count). The van der Waals surface area contributed by atoms with Crippen molar-refractivity contribution in [2.45, 2.75) is 122 Å². The largest absolute Gasteiger partial charge is 0.481 e. The number of urea groups is 1. The molecule has 70 heavy (non-hydrogen) atoms. The lowest BCUT2D eigenvalue weighted by Gasteiger charge is -2.28. The summed E-state index contributed by atoms with van der Waals surface area (Å²) in [6.45, 7) is 10.3. The maximum absolute atomic E-state index is 13.4. The first-order valence-corrected chi connectivity index (χ1v) is 23.3. The zero-order valence-corrected chi connectivity index (χ0v) is 39.2. The predicted molar refractivity (Wildman–Crippen MR) is 246 cm³/mol. The van der Waals surface area contributed by atoms with Gasteiger partial charge in [0, 0.05) is 77.1 Å². The number of aryl methyl sites for hydroxylation is 5. The van der Waals surface area contributed by atoms with E-state index in [0.29, 0.717) is 45.3 Å². The van der Waals surface area contributed by atoms with Gasteiger partial charge in [-0.05, 0) is 94.7 Å². The highest BCUT2D eigenvalue weighted by molar-refractivity contribution is 5.78. The van der Waals surface area contributed by atoms with Crippen LogP contribution in [0.5, 0.6) is 0 Å². The Bertz CT molecular complexity index is 2630. The second-order valence-electron chi connectivity index (χ2n) is 18.6. The van der Waals surface area contributed by atoms with Crippen molar-refractivity contribution in [3.8, 4) is 0 Å². The fraction of sp³-hybridized carbons (Fsp3) is 0.500. The molecular formula is C48H58F6N10O6. The van der Waals surface area contributed by atoms with Crippen molar-refractivity contribution < 1.29 is 50.6 Å². The maximum Gasteiger partial charge on any atom is 0.416 e. The Labute approximate surface area is 400 Å². The van der Waals surface area contributed by atoms with Crippen molar-refractivity contribution in [1.29, 1.82) is 0 Å². The molecule has 1 saturated heterocycles. The number of nitrogens with zero attached hydrogens (tertiary/aromatic N) is 8. The molecule has 0 saturated carbocycles. The Morgan fingerprint density at radius 1 is 0.729 bits per heavy atom. The molecule has 0 bridgehead atoms. The first-order valence-electron chi connectivity index (χ1n) is 23.3. The van der Waals surface area contributed by atoms with E-state index in [-0.39, 0.29) is 30.1 Å². The number of anilines is 2. The van der Waals surface area contributed by atoms with Crippen LogP contribution in [0, 0.1) is 0 Å². The summed E-state index contributed by atoms with van der Waals surface area (Å²) >= 11 is 0. The van der Waals surface area contributed by atoms with Gasteiger partial charge in [0.05, 0.1) is 47.4 Å². The number of imidazole rings is 3. The average molecular weight is 985 g/mol. The number of rotatable bonds is 16. The number of amides is 2. The third-order valence-corrected chi connectivity index (χ3v) is 12.1. The van der Waals surface area contributed by atoms with Gasteiger partial charge in [0.2, 0.25) is 11.9 Å². The monoisotopic (exact) mass is 984 g/mol. The molecular weight excluding hydrogens is 927 g/mol. The zero-order chi connectivity index (χ0) is 50.4. The van der Waals surface area contributed by atoms with E-state index in [9.17, 15) is 50.6 Å². The number of carbonyl (C=O) groups is 3. The van der Waals surface area contributed by atoms with Gasteiger partial charge in [-0.15, -0.1) is 0 Å². The number of carboxylic acids is 1. The van der Waals surface area contributed by atoms with Crippen LogP contribution < -0.4 is 16.3 Å². The van der Waals surface area contributed by atoms with Crippen molar-refractivity contribution in [3.63, 3.8) is 0 Å². The second kappa shape index (κ2) is 21.5. The second-order valence-corrected chi connectivity index (χ2v) is 18.6. The van der Waals surface area contributed by atoms with Crippen LogP contribution in [-0.4, -0.2) is 99.4 Å². The van der Waals surface area contributed by atoms with Crippen LogP contribution in [0.15, 0.2) is 78.1 Å². The van der Waals surface area contributed by atoms with Gasteiger partial charge in [-0.25, -0.2) is 19.6 Å². The fourth-order valence-corrected chi connectivity index (χ4v) is 8.85. The van der Waals surface area contributed by atoms with E-state index in [2.05, 4.69) is 29.7 Å². The number of benzene rings is 2. The molecule has 22 heteroatoms. The Balaban J connectivity index is 0.000000208. The molecule has 3 N–H and O–H groups in total. The Morgan fingerprint density at radius 3 is 1.79 bits per heavy atom. The van der Waals surface area contributed by atoms with Gasteiger partial charge in [0.15, 0.2) is 0 Å². The van der Waals surface area contributed by atoms with Crippen LogP contribution in [0.2, 0.25) is 0 Å². The highest BCUT2D eigenvalue weighted by Crippen LogP contribution is 2.35. The summed E-state index contributed by atoms with van der Waals surface area (Å²) in [5.74, 6) is -0.0687. The third kappa shape index (κ3) is 13.1. The van der Waals surface area contributed by atoms with E-state index in [0.717, 1.165) is 86.6 Å². The molecule has 3 aliphatic heterocycles. The molecule has 2 aromatic carbocycles. The van der Waals surface area contributed by atoms with Crippen LogP contribution in [-0.2, 0) is 59.2 Å². The van der Waals surface area contributed by atoms with E-state index in [1.807, 2.05) is 12.4 Å². The molecule has 6 heterocycles. The van der Waals surface area contributed by atoms with Gasteiger partial charge >= 0.3 is 36.0 Å². The molecule has 5 aromatic rings. The van der Waals surface area contributed by atoms with Crippen molar-refractivity contribution in [3.05, 3.63) is 117 Å². The topological polar surface area (TPSA) is 174 Å². The van der Waals surface area contributed by atoms with Crippen molar-refractivity contribution in [1.82, 2.24) is 38.0 Å². The standard InChI is InChI=1S/C26H32F3N5O3.C22H26F3N5O3/c1-25(2,3)37-22(35)16-21(18-7-4-8-19(15-18)26(27,28)29)34-14-13-32(24(34)36)11-5-9-20-17-33-12-6-10-30-23(33)31-20;23-22(24,25)16-5-1-4-15(12-16)18(13-19(31)32)30-11-10-28(21(30)33)8-2-6-17-14-29-9-3-7-26-20(29)27-17/h4,7-8,13-15,17,21H,5-6,9-12,16H2,1-3H3,(H,30,31);1,4-5,12,14,18H,2-3,6-11,13H2,(H,26,27)(H,31,32). The van der Waals surface area contributed by atoms with Gasteiger partial charge in [-0.1, -0.05) is 24.3 Å². The summed E-state index contributed by atoms with van der Waals surface area (Å²) in [6.07, 6.45) is 2.08. The summed E-state index contributed by atoms with van der Waals surface area (Å²) in [4.78, 5) is 62.5. The highest BCUT2D eigenvalue weighted by atomic mass is 19.4. The Kier molecular flexibility index (Phi) is 15.7. The summed E-state index contributed by atoms with van der Waals surface area (Å²) in [5, 5.41) is 15.8. The minimum absolute atomic E-state index is 0.165. The van der Waals surface area contributed by atoms with E-state index < -0.39 is 65.2 Å². The number of halogens is 6. The lowest BCUT2D eigenvalue weighted by atomic mass is 10.00. The quantitative estimate of drug-likeness (QED) is 0.0646. The lowest BCUT2D eigenvalue weighted by Crippen LogP contribution is -2.36. The van der Waals surface area contributed by atoms with Gasteiger partial charge in [0.25, 0.3) is 0 Å². The van der Waals surface area contributed by atoms with Crippen molar-refractivity contribution >= 4 is 29.9 Å². The van der Waals surface area contributed by atoms with Crippen molar-refractivity contribution in [2.75, 3.05) is 43.4 Å². The molecule has 0 spiro atoms. The Hall–Kier alpha value is -6.74. The zero-order valence-electron chi connectivity index (χ0n) is 39.2. The highest BCUT2D eigenvalue weighted by Gasteiger charge is 2.38. The van der Waals surface area contributed by atoms with Gasteiger partial charge in [-0.2, -0.15) is 26.3 Å². The molecule has 2 unspecified atom stereocenters. The minimum Gasteiger partial charge on any atom is -0.481 e. The minimum atomic E-state index is -4.55. The number of ether oxygens (including phenoxy) is 1. The first-order chi connectivity index (χ1) is 33.1. The molecule has 1 fully saturated rings. The number of alkyl halides is 6. The van der Waals surface area contributed by atoms with E-state index in [1.165, 1.54) is 44.5 Å². The number of hydrogen-bond acceptors (Lipinski definition) is 9. The maximum atomic E-state index is 13.4. The fourth-order valence-electron chi connectivity index (χ4n) is 8.85. The average Bonchev–Trinajstić information content (AvgIpc) is 4.09. The number of esters is 1. The summed E-state index contributed by atoms with van der Waals surface area (Å²) in [6, 6.07) is 6.98. The van der Waals surface area contributed by atoms with Crippen LogP contribution >= 0.6 is 0 Å². The SMILES string of the molecule is CC(C)(C)OC(=O)CC(c1cccc(C(F)(F)F)c1)n1ccn(CCCc2cn3c(n2)NCCC3)c1=O.O=C(O)CC(c1cccc(C(F)(F)F)c1)N1CCN(CCCc2cn3c(n2)NCCC3)C1=O. The molecule has 378 valence electrons. The van der Waals surface area contributed by atoms with Crippen LogP contribution in [0.1, 0.15) is 105 Å². The van der Waals surface area contributed by atoms with Crippen LogP contribution in [0.4, 0.5) is 43.0 Å². The first kappa shape index (κ1) is 51.1. The van der Waals surface area contributed by atoms with E-state index >= 15 is 0 Å². The molecule has 0 radical (unpaired) electrons. The van der Waals surface area contributed by atoms with Crippen molar-refractivity contribution in [2.24, 2.45) is 0 Å². The smallest absolute Gasteiger partial charge is 0.416 e. The Morgan fingerprint density at radius 2 is 1.27 bits per heavy atom. The molecule has 0 aliphatic carbocycles. The summed E-state index contributed by atoms with van der Waals surface area (Å²) in [5.41, 5.74) is -0.639. The number of fused-ring (bicyclic) bond motifs is 2. The molecule has 3 aromatic heterocycles. The molecule has 16 nitrogen and oxygen atoms in total. The summed E-state index contributed by atoms with van der Waals surface area (Å²) in [7, 11) is 0. The van der Waals surface area contributed by atoms with Gasteiger partial charge in [0.1, 0.15) is 5.60 Å². The normalized spacial score (nSPS) is 15.8. The predicted octanol–water partition coefficient (Wildman–Crippen LogP) is 8.24. The molecule has 2 amide bonds. The number of nitrogens with one attached hydrogen (secondary N) is 2. The van der Waals surface area contributed by atoms with E-state index in [4.69, 9.17) is 4.74 Å². The van der Waals surface area contributed by atoms with Crippen LogP contribution in [0.25, 0.3) is 0 Å². The molecule has 2 atom stereocenters. The van der Waals surface area contributed by atoms with E-state index in [1.54, 1.807) is 31.9 Å². The number of carbonyl (C=O) groups excluding carboxylic acids is 2.